The van der Waals surface area contributed by atoms with E-state index in [0.29, 0.717) is 3.79 Å². The molecule has 0 aliphatic carbocycles. The summed E-state index contributed by atoms with van der Waals surface area (Å²) in [7, 11) is 0. The number of hydrogen-bond donors (Lipinski definition) is 4. The number of carbonyl (C=O) groups is 3. The van der Waals surface area contributed by atoms with Crippen molar-refractivity contribution in [1.82, 2.24) is 10.3 Å². The van der Waals surface area contributed by atoms with Gasteiger partial charge < -0.3 is 15.5 Å². The third-order valence-electron chi connectivity index (χ3n) is 1.68. The molecule has 8 nitrogen and oxygen atoms in total. The van der Waals surface area contributed by atoms with Gasteiger partial charge in [-0.15, -0.1) is 0 Å². The van der Waals surface area contributed by atoms with Crippen LogP contribution in [0.15, 0.2) is 9.98 Å². The van der Waals surface area contributed by atoms with Gasteiger partial charge in [-0.25, -0.2) is 14.6 Å². The third-order valence-corrected chi connectivity index (χ3v) is 3.07. The molecule has 4 N–H and O–H groups in total. The molecule has 0 saturated carbocycles. The van der Waals surface area contributed by atoms with Gasteiger partial charge in [0, 0.05) is 0 Å². The number of carbonyl (C=O) groups excluding carboxylic acids is 1. The number of carboxylic acid groups (broad SMARTS) is 2. The maximum absolute atomic E-state index is 11.4. The summed E-state index contributed by atoms with van der Waals surface area (Å²) in [5.41, 5.74) is 0. The Kier molecular flexibility index (Phi) is 5.04. The van der Waals surface area contributed by atoms with Gasteiger partial charge >= 0.3 is 18.0 Å². The number of anilines is 1. The number of hydrogen-bond acceptors (Lipinski definition) is 5. The Morgan fingerprint density at radius 3 is 2.56 bits per heavy atom. The lowest BCUT2D eigenvalue weighted by Gasteiger charge is -2.11. The van der Waals surface area contributed by atoms with Crippen molar-refractivity contribution in [3.8, 4) is 0 Å². The minimum atomic E-state index is -1.49. The van der Waals surface area contributed by atoms with Crippen molar-refractivity contribution in [2.75, 3.05) is 5.32 Å². The van der Waals surface area contributed by atoms with E-state index in [1.165, 1.54) is 6.20 Å². The topological polar surface area (TPSA) is 129 Å². The Bertz CT molecular complexity index is 477. The molecule has 1 aromatic heterocycles. The number of urea groups is 1. The first-order valence-electron chi connectivity index (χ1n) is 4.52. The van der Waals surface area contributed by atoms with Crippen LogP contribution in [0.2, 0.25) is 0 Å². The van der Waals surface area contributed by atoms with Crippen LogP contribution in [0, 0.1) is 0 Å². The summed E-state index contributed by atoms with van der Waals surface area (Å²) in [6.45, 7) is 0. The fraction of sp³-hybridized carbons (Fsp3) is 0.250. The molecule has 1 heterocycles. The van der Waals surface area contributed by atoms with Crippen molar-refractivity contribution in [2.45, 2.75) is 12.5 Å². The number of rotatable bonds is 5. The Labute approximate surface area is 113 Å². The summed E-state index contributed by atoms with van der Waals surface area (Å²) in [6, 6.07) is -2.32. The lowest BCUT2D eigenvalue weighted by molar-refractivity contribution is -0.145. The quantitative estimate of drug-likeness (QED) is 0.633. The van der Waals surface area contributed by atoms with E-state index in [-0.39, 0.29) is 5.13 Å². The van der Waals surface area contributed by atoms with Crippen molar-refractivity contribution >= 4 is 50.4 Å². The van der Waals surface area contributed by atoms with E-state index >= 15 is 0 Å². The highest BCUT2D eigenvalue weighted by atomic mass is 79.9. The maximum Gasteiger partial charge on any atom is 0.326 e. The van der Waals surface area contributed by atoms with Crippen LogP contribution in [0.3, 0.4) is 0 Å². The number of aliphatic carboxylic acids is 2. The van der Waals surface area contributed by atoms with E-state index < -0.39 is 30.4 Å². The molecule has 1 unspecified atom stereocenters. The second-order valence-corrected chi connectivity index (χ2v) is 5.47. The van der Waals surface area contributed by atoms with Gasteiger partial charge in [0.05, 0.1) is 16.4 Å². The molecule has 0 aliphatic heterocycles. The van der Waals surface area contributed by atoms with Crippen LogP contribution >= 0.6 is 27.3 Å². The fourth-order valence-electron chi connectivity index (χ4n) is 0.978. The number of thiazole rings is 1. The smallest absolute Gasteiger partial charge is 0.326 e. The summed E-state index contributed by atoms with van der Waals surface area (Å²) < 4.78 is 0.693. The van der Waals surface area contributed by atoms with Gasteiger partial charge in [-0.3, -0.25) is 10.1 Å². The predicted molar refractivity (Wildman–Crippen MR) is 65.6 cm³/mol. The molecule has 0 radical (unpaired) electrons. The Morgan fingerprint density at radius 1 is 1.44 bits per heavy atom. The molecule has 18 heavy (non-hydrogen) atoms. The Hall–Kier alpha value is -1.68. The van der Waals surface area contributed by atoms with E-state index in [1.54, 1.807) is 0 Å². The van der Waals surface area contributed by atoms with E-state index in [4.69, 9.17) is 10.2 Å². The number of carboxylic acids is 2. The number of halogens is 1. The lowest BCUT2D eigenvalue weighted by atomic mass is 10.2. The normalized spacial score (nSPS) is 11.6. The number of aromatic nitrogens is 1. The molecule has 0 aliphatic rings. The molecule has 0 spiro atoms. The largest absolute Gasteiger partial charge is 0.481 e. The second-order valence-electron chi connectivity index (χ2n) is 3.06. The van der Waals surface area contributed by atoms with Gasteiger partial charge in [0.2, 0.25) is 0 Å². The summed E-state index contributed by atoms with van der Waals surface area (Å²) >= 11 is 4.28. The van der Waals surface area contributed by atoms with Gasteiger partial charge in [-0.05, 0) is 15.9 Å². The molecule has 10 heteroatoms. The monoisotopic (exact) mass is 337 g/mol. The van der Waals surface area contributed by atoms with E-state index in [9.17, 15) is 14.4 Å². The lowest BCUT2D eigenvalue weighted by Crippen LogP contribution is -2.44. The summed E-state index contributed by atoms with van der Waals surface area (Å²) in [5.74, 6) is -2.74. The first-order chi connectivity index (χ1) is 8.38. The molecule has 98 valence electrons. The van der Waals surface area contributed by atoms with Crippen molar-refractivity contribution in [2.24, 2.45) is 0 Å². The van der Waals surface area contributed by atoms with Gasteiger partial charge in [0.1, 0.15) is 6.04 Å². The SMILES string of the molecule is O=C(O)CC(NC(=O)Nc1ncc(Br)s1)C(=O)O. The van der Waals surface area contributed by atoms with Gasteiger partial charge in [0.25, 0.3) is 0 Å². The second kappa shape index (κ2) is 6.31. The highest BCUT2D eigenvalue weighted by molar-refractivity contribution is 9.11. The van der Waals surface area contributed by atoms with Gasteiger partial charge in [0.15, 0.2) is 5.13 Å². The van der Waals surface area contributed by atoms with Crippen LogP contribution in [-0.2, 0) is 9.59 Å². The van der Waals surface area contributed by atoms with E-state index in [2.05, 4.69) is 26.2 Å². The molecule has 0 fully saturated rings. The average molecular weight is 338 g/mol. The zero-order valence-corrected chi connectivity index (χ0v) is 11.1. The summed E-state index contributed by atoms with van der Waals surface area (Å²) in [4.78, 5) is 36.3. The maximum atomic E-state index is 11.4. The molecular weight excluding hydrogens is 330 g/mol. The van der Waals surface area contributed by atoms with Crippen molar-refractivity contribution in [3.63, 3.8) is 0 Å². The van der Waals surface area contributed by atoms with Crippen LogP contribution < -0.4 is 10.6 Å². The summed E-state index contributed by atoms with van der Waals surface area (Å²) in [6.07, 6.45) is 0.760. The zero-order chi connectivity index (χ0) is 13.7. The number of nitrogens with one attached hydrogen (secondary N) is 2. The first-order valence-corrected chi connectivity index (χ1v) is 6.13. The number of amides is 2. The van der Waals surface area contributed by atoms with Crippen molar-refractivity contribution in [3.05, 3.63) is 9.98 Å². The molecule has 2 amide bonds. The highest BCUT2D eigenvalue weighted by Gasteiger charge is 2.23. The molecule has 0 saturated heterocycles. The summed E-state index contributed by atoms with van der Waals surface area (Å²) in [5, 5.41) is 21.8. The van der Waals surface area contributed by atoms with Gasteiger partial charge in [-0.2, -0.15) is 0 Å². The van der Waals surface area contributed by atoms with E-state index in [0.717, 1.165) is 11.3 Å². The fourth-order valence-corrected chi connectivity index (χ4v) is 2.08. The molecule has 0 bridgehead atoms. The minimum Gasteiger partial charge on any atom is -0.481 e. The van der Waals surface area contributed by atoms with Crippen molar-refractivity contribution in [1.29, 1.82) is 0 Å². The van der Waals surface area contributed by atoms with Crippen LogP contribution in [-0.4, -0.2) is 39.2 Å². The standard InChI is InChI=1S/C8H8BrN3O5S/c9-4-2-10-8(18-4)12-7(17)11-3(6(15)16)1-5(13)14/h2-3H,1H2,(H,13,14)(H,15,16)(H2,10,11,12,17). The number of nitrogens with zero attached hydrogens (tertiary/aromatic N) is 1. The predicted octanol–water partition coefficient (Wildman–Crippen LogP) is 0.955. The average Bonchev–Trinajstić information content (AvgIpc) is 2.62. The molecule has 1 atom stereocenters. The third kappa shape index (κ3) is 4.67. The van der Waals surface area contributed by atoms with Crippen LogP contribution in [0.4, 0.5) is 9.93 Å². The van der Waals surface area contributed by atoms with E-state index in [1.807, 2.05) is 5.32 Å². The van der Waals surface area contributed by atoms with Crippen LogP contribution in [0.1, 0.15) is 6.42 Å². The highest BCUT2D eigenvalue weighted by Crippen LogP contribution is 2.22. The molecule has 1 aromatic rings. The Morgan fingerprint density at radius 2 is 2.11 bits per heavy atom. The van der Waals surface area contributed by atoms with Crippen LogP contribution in [0.5, 0.6) is 0 Å². The zero-order valence-electron chi connectivity index (χ0n) is 8.71. The Balaban J connectivity index is 2.56. The van der Waals surface area contributed by atoms with Crippen LogP contribution in [0.25, 0.3) is 0 Å². The first kappa shape index (κ1) is 14.4. The van der Waals surface area contributed by atoms with Crippen molar-refractivity contribution < 1.29 is 24.6 Å². The molecule has 0 aromatic carbocycles. The minimum absolute atomic E-state index is 0.263. The molecular formula is C8H8BrN3O5S. The molecule has 1 rings (SSSR count). The van der Waals surface area contributed by atoms with Gasteiger partial charge in [-0.1, -0.05) is 11.3 Å².